The zero-order valence-corrected chi connectivity index (χ0v) is 11.5. The number of amides is 1. The fourth-order valence-electron chi connectivity index (χ4n) is 2.46. The Labute approximate surface area is 103 Å². The van der Waals surface area contributed by atoms with E-state index in [0.717, 1.165) is 0 Å². The largest absolute Gasteiger partial charge is 0.383 e. The van der Waals surface area contributed by atoms with Crippen molar-refractivity contribution in [2.45, 2.75) is 33.7 Å². The van der Waals surface area contributed by atoms with Crippen molar-refractivity contribution in [1.29, 1.82) is 0 Å². The quantitative estimate of drug-likeness (QED) is 0.755. The first-order valence-electron chi connectivity index (χ1n) is 5.64. The lowest BCUT2D eigenvalue weighted by atomic mass is 10.0. The zero-order chi connectivity index (χ0) is 12.6. The topological polar surface area (TPSA) is 38.3 Å². The number of halogens is 1. The molecule has 0 bridgehead atoms. The van der Waals surface area contributed by atoms with Crippen LogP contribution >= 0.6 is 11.6 Å². The van der Waals surface area contributed by atoms with E-state index in [1.165, 1.54) is 0 Å². The summed E-state index contributed by atoms with van der Waals surface area (Å²) in [5, 5.41) is 2.94. The maximum absolute atomic E-state index is 12.1. The minimum absolute atomic E-state index is 0.0705. The number of carbonyl (C=O) groups excluding carboxylic acids is 1. The highest BCUT2D eigenvalue weighted by Crippen LogP contribution is 2.68. The van der Waals surface area contributed by atoms with Crippen molar-refractivity contribution in [2.75, 3.05) is 19.6 Å². The Balaban J connectivity index is 2.55. The van der Waals surface area contributed by atoms with Crippen molar-refractivity contribution in [3.8, 4) is 0 Å². The lowest BCUT2D eigenvalue weighted by Gasteiger charge is -2.15. The van der Waals surface area contributed by atoms with Crippen LogP contribution in [0.1, 0.15) is 27.7 Å². The van der Waals surface area contributed by atoms with E-state index in [1.807, 2.05) is 0 Å². The standard InChI is InChI=1S/C12H22ClNO2/c1-11(2)9(12(11,3)4)10(15)14-8(6-13)7-16-5/h8-9H,6-7H2,1-5H3,(H,14,15). The van der Waals surface area contributed by atoms with Gasteiger partial charge in [-0.1, -0.05) is 27.7 Å². The molecule has 0 heterocycles. The predicted octanol–water partition coefficient (Wildman–Crippen LogP) is 2.04. The average Bonchev–Trinajstić information content (AvgIpc) is 2.56. The summed E-state index contributed by atoms with van der Waals surface area (Å²) in [6.45, 7) is 8.97. The van der Waals surface area contributed by atoms with Crippen LogP contribution in [0.3, 0.4) is 0 Å². The lowest BCUT2D eigenvalue weighted by molar-refractivity contribution is -0.124. The molecule has 0 aromatic carbocycles. The smallest absolute Gasteiger partial charge is 0.224 e. The second-order valence-corrected chi connectivity index (χ2v) is 6.00. The van der Waals surface area contributed by atoms with Gasteiger partial charge in [-0.2, -0.15) is 0 Å². The molecule has 0 aromatic heterocycles. The van der Waals surface area contributed by atoms with Gasteiger partial charge in [-0.05, 0) is 10.8 Å². The van der Waals surface area contributed by atoms with Crippen LogP contribution in [-0.2, 0) is 9.53 Å². The minimum atomic E-state index is -0.0913. The molecule has 3 nitrogen and oxygen atoms in total. The summed E-state index contributed by atoms with van der Waals surface area (Å²) in [5.74, 6) is 0.549. The zero-order valence-electron chi connectivity index (χ0n) is 10.8. The first-order valence-corrected chi connectivity index (χ1v) is 6.17. The number of alkyl halides is 1. The molecule has 94 valence electrons. The Kier molecular flexibility index (Phi) is 3.91. The molecule has 0 spiro atoms. The van der Waals surface area contributed by atoms with Gasteiger partial charge in [0, 0.05) is 18.9 Å². The minimum Gasteiger partial charge on any atom is -0.383 e. The van der Waals surface area contributed by atoms with Crippen molar-refractivity contribution in [1.82, 2.24) is 5.32 Å². The van der Waals surface area contributed by atoms with Gasteiger partial charge in [0.05, 0.1) is 12.6 Å². The highest BCUT2D eigenvalue weighted by Gasteiger charge is 2.68. The second kappa shape index (κ2) is 4.53. The molecule has 0 aromatic rings. The summed E-state index contributed by atoms with van der Waals surface area (Å²) in [5.41, 5.74) is 0.141. The summed E-state index contributed by atoms with van der Waals surface area (Å²) in [4.78, 5) is 12.1. The molecule has 16 heavy (non-hydrogen) atoms. The van der Waals surface area contributed by atoms with Crippen molar-refractivity contribution in [3.05, 3.63) is 0 Å². The van der Waals surface area contributed by atoms with Crippen LogP contribution in [0.2, 0.25) is 0 Å². The molecule has 1 aliphatic carbocycles. The molecule has 1 atom stereocenters. The highest BCUT2D eigenvalue weighted by atomic mass is 35.5. The second-order valence-electron chi connectivity index (χ2n) is 5.69. The third kappa shape index (κ3) is 2.21. The van der Waals surface area contributed by atoms with E-state index in [2.05, 4.69) is 33.0 Å². The number of methoxy groups -OCH3 is 1. The van der Waals surface area contributed by atoms with Crippen LogP contribution in [0.15, 0.2) is 0 Å². The maximum atomic E-state index is 12.1. The molecule has 1 saturated carbocycles. The van der Waals surface area contributed by atoms with Gasteiger partial charge >= 0.3 is 0 Å². The number of rotatable bonds is 5. The van der Waals surface area contributed by atoms with E-state index in [-0.39, 0.29) is 28.7 Å². The van der Waals surface area contributed by atoms with Gasteiger partial charge in [0.1, 0.15) is 0 Å². The normalized spacial score (nSPS) is 23.9. The van der Waals surface area contributed by atoms with Crippen LogP contribution in [0.25, 0.3) is 0 Å². The number of ether oxygens (including phenoxy) is 1. The number of hydrogen-bond acceptors (Lipinski definition) is 2. The Morgan fingerprint density at radius 1 is 1.38 bits per heavy atom. The van der Waals surface area contributed by atoms with Gasteiger partial charge in [-0.25, -0.2) is 0 Å². The summed E-state index contributed by atoms with van der Waals surface area (Å²) in [6, 6.07) is -0.0913. The van der Waals surface area contributed by atoms with Crippen LogP contribution in [-0.4, -0.2) is 31.5 Å². The molecule has 1 amide bonds. The van der Waals surface area contributed by atoms with Crippen molar-refractivity contribution in [3.63, 3.8) is 0 Å². The molecular formula is C12H22ClNO2. The Hall–Kier alpha value is -0.280. The van der Waals surface area contributed by atoms with Gasteiger partial charge in [0.2, 0.25) is 5.91 Å². The van der Waals surface area contributed by atoms with E-state index in [4.69, 9.17) is 16.3 Å². The van der Waals surface area contributed by atoms with Crippen molar-refractivity contribution in [2.24, 2.45) is 16.7 Å². The lowest BCUT2D eigenvalue weighted by Crippen LogP contribution is -2.41. The predicted molar refractivity (Wildman–Crippen MR) is 65.6 cm³/mol. The summed E-state index contributed by atoms with van der Waals surface area (Å²) in [6.07, 6.45) is 0. The first-order chi connectivity index (χ1) is 7.29. The van der Waals surface area contributed by atoms with E-state index < -0.39 is 0 Å². The monoisotopic (exact) mass is 247 g/mol. The fraction of sp³-hybridized carbons (Fsp3) is 0.917. The van der Waals surface area contributed by atoms with Crippen molar-refractivity contribution >= 4 is 17.5 Å². The van der Waals surface area contributed by atoms with Gasteiger partial charge < -0.3 is 10.1 Å². The third-order valence-corrected chi connectivity index (χ3v) is 4.56. The average molecular weight is 248 g/mol. The molecule has 0 aliphatic heterocycles. The molecule has 0 saturated heterocycles. The molecule has 0 radical (unpaired) electrons. The van der Waals surface area contributed by atoms with Crippen molar-refractivity contribution < 1.29 is 9.53 Å². The molecule has 1 N–H and O–H groups in total. The summed E-state index contributed by atoms with van der Waals surface area (Å²) in [7, 11) is 1.61. The summed E-state index contributed by atoms with van der Waals surface area (Å²) < 4.78 is 5.00. The van der Waals surface area contributed by atoms with Crippen LogP contribution in [0.5, 0.6) is 0 Å². The van der Waals surface area contributed by atoms with Crippen LogP contribution in [0, 0.1) is 16.7 Å². The first kappa shape index (κ1) is 13.8. The number of nitrogens with one attached hydrogen (secondary N) is 1. The Bertz CT molecular complexity index is 262. The number of hydrogen-bond donors (Lipinski definition) is 1. The Morgan fingerprint density at radius 2 is 1.88 bits per heavy atom. The molecular weight excluding hydrogens is 226 g/mol. The van der Waals surface area contributed by atoms with E-state index in [1.54, 1.807) is 7.11 Å². The van der Waals surface area contributed by atoms with Gasteiger partial charge in [-0.3, -0.25) is 4.79 Å². The van der Waals surface area contributed by atoms with Gasteiger partial charge in [-0.15, -0.1) is 11.6 Å². The molecule has 4 heteroatoms. The molecule has 1 rings (SSSR count). The Morgan fingerprint density at radius 3 is 2.19 bits per heavy atom. The molecule has 1 unspecified atom stereocenters. The van der Waals surface area contributed by atoms with E-state index >= 15 is 0 Å². The van der Waals surface area contributed by atoms with Crippen LogP contribution in [0.4, 0.5) is 0 Å². The summed E-state index contributed by atoms with van der Waals surface area (Å²) >= 11 is 5.76. The molecule has 1 fully saturated rings. The van der Waals surface area contributed by atoms with Crippen LogP contribution < -0.4 is 5.32 Å². The highest BCUT2D eigenvalue weighted by molar-refractivity contribution is 6.18. The SMILES string of the molecule is COCC(CCl)NC(=O)C1C(C)(C)C1(C)C. The van der Waals surface area contributed by atoms with E-state index in [9.17, 15) is 4.79 Å². The number of carbonyl (C=O) groups is 1. The van der Waals surface area contributed by atoms with Gasteiger partial charge in [0.15, 0.2) is 0 Å². The fourth-order valence-corrected chi connectivity index (χ4v) is 2.63. The maximum Gasteiger partial charge on any atom is 0.224 e. The van der Waals surface area contributed by atoms with E-state index in [0.29, 0.717) is 12.5 Å². The third-order valence-electron chi connectivity index (χ3n) is 4.18. The van der Waals surface area contributed by atoms with Gasteiger partial charge in [0.25, 0.3) is 0 Å². The molecule has 1 aliphatic rings.